The van der Waals surface area contributed by atoms with Crippen LogP contribution in [-0.4, -0.2) is 39.2 Å². The molecule has 1 aromatic rings. The Bertz CT molecular complexity index is 348. The van der Waals surface area contributed by atoms with Crippen molar-refractivity contribution in [3.63, 3.8) is 0 Å². The van der Waals surface area contributed by atoms with Gasteiger partial charge < -0.3 is 10.0 Å². The van der Waals surface area contributed by atoms with Crippen molar-refractivity contribution in [2.45, 2.75) is 5.92 Å². The lowest BCUT2D eigenvalue weighted by atomic mass is 9.97. The Kier molecular flexibility index (Phi) is 2.37. The molecule has 5 nitrogen and oxygen atoms in total. The van der Waals surface area contributed by atoms with Gasteiger partial charge in [0.2, 0.25) is 0 Å². The summed E-state index contributed by atoms with van der Waals surface area (Å²) in [6.45, 7) is 1.04. The molecule has 74 valence electrons. The lowest BCUT2D eigenvalue weighted by Crippen LogP contribution is -2.48. The van der Waals surface area contributed by atoms with E-state index in [0.717, 1.165) is 5.69 Å². The lowest BCUT2D eigenvalue weighted by molar-refractivity contribution is 0.104. The summed E-state index contributed by atoms with van der Waals surface area (Å²) in [6, 6.07) is 0. The molecule has 1 fully saturated rings. The van der Waals surface area contributed by atoms with Gasteiger partial charge in [-0.05, 0) is 15.9 Å². The minimum absolute atomic E-state index is 0.201. The fourth-order valence-corrected chi connectivity index (χ4v) is 1.56. The fraction of sp³-hybridized carbons (Fsp3) is 0.375. The van der Waals surface area contributed by atoms with Crippen LogP contribution in [0.1, 0.15) is 11.6 Å². The second kappa shape index (κ2) is 3.53. The number of hydrogen-bond acceptors (Lipinski definition) is 3. The molecule has 2 heterocycles. The van der Waals surface area contributed by atoms with Crippen molar-refractivity contribution in [3.8, 4) is 0 Å². The van der Waals surface area contributed by atoms with Gasteiger partial charge >= 0.3 is 6.09 Å². The van der Waals surface area contributed by atoms with E-state index in [2.05, 4.69) is 25.9 Å². The Hall–Kier alpha value is -1.17. The Morgan fingerprint density at radius 3 is 2.71 bits per heavy atom. The second-order valence-electron chi connectivity index (χ2n) is 3.15. The Morgan fingerprint density at radius 2 is 2.21 bits per heavy atom. The summed E-state index contributed by atoms with van der Waals surface area (Å²) in [5.41, 5.74) is 0.853. The van der Waals surface area contributed by atoms with Gasteiger partial charge in [-0.3, -0.25) is 4.98 Å². The van der Waals surface area contributed by atoms with Gasteiger partial charge in [-0.1, -0.05) is 0 Å². The van der Waals surface area contributed by atoms with E-state index in [1.54, 1.807) is 12.4 Å². The molecule has 1 amide bonds. The van der Waals surface area contributed by atoms with Crippen LogP contribution in [0.5, 0.6) is 0 Å². The quantitative estimate of drug-likeness (QED) is 0.824. The van der Waals surface area contributed by atoms with Crippen molar-refractivity contribution >= 4 is 22.0 Å². The van der Waals surface area contributed by atoms with Crippen LogP contribution in [0.4, 0.5) is 4.79 Å². The van der Waals surface area contributed by atoms with Crippen LogP contribution in [0.3, 0.4) is 0 Å². The number of hydrogen-bond donors (Lipinski definition) is 1. The van der Waals surface area contributed by atoms with Crippen molar-refractivity contribution in [1.82, 2.24) is 14.9 Å². The third-order valence-electron chi connectivity index (χ3n) is 2.21. The van der Waals surface area contributed by atoms with Crippen LogP contribution in [0.15, 0.2) is 17.0 Å². The van der Waals surface area contributed by atoms with Crippen LogP contribution in [0.2, 0.25) is 0 Å². The molecule has 1 aromatic heterocycles. The fourth-order valence-electron chi connectivity index (χ4n) is 1.35. The molecule has 1 aliphatic heterocycles. The van der Waals surface area contributed by atoms with Gasteiger partial charge in [0.1, 0.15) is 4.60 Å². The largest absolute Gasteiger partial charge is 0.465 e. The molecule has 0 atom stereocenters. The van der Waals surface area contributed by atoms with Gasteiger partial charge in [0.15, 0.2) is 0 Å². The number of amides is 1. The van der Waals surface area contributed by atoms with Crippen LogP contribution >= 0.6 is 15.9 Å². The molecule has 2 rings (SSSR count). The Morgan fingerprint density at radius 1 is 1.50 bits per heavy atom. The molecule has 1 saturated heterocycles. The number of likely N-dealkylation sites (tertiary alicyclic amines) is 1. The average Bonchev–Trinajstić information content (AvgIpc) is 2.05. The van der Waals surface area contributed by atoms with E-state index in [1.165, 1.54) is 4.90 Å². The molecule has 0 unspecified atom stereocenters. The highest BCUT2D eigenvalue weighted by molar-refractivity contribution is 9.10. The standard InChI is InChI=1S/C8H8BrN3O2/c9-7-2-10-6(1-11-7)5-3-12(4-5)8(13)14/h1-2,5H,3-4H2,(H,13,14). The predicted molar refractivity (Wildman–Crippen MR) is 52.1 cm³/mol. The van der Waals surface area contributed by atoms with Crippen LogP contribution in [-0.2, 0) is 0 Å². The average molecular weight is 258 g/mol. The van der Waals surface area contributed by atoms with E-state index in [9.17, 15) is 4.79 Å². The first-order chi connectivity index (χ1) is 6.66. The molecule has 1 N–H and O–H groups in total. The predicted octanol–water partition coefficient (Wildman–Crippen LogP) is 1.32. The monoisotopic (exact) mass is 257 g/mol. The van der Waals surface area contributed by atoms with Crippen molar-refractivity contribution in [2.75, 3.05) is 13.1 Å². The number of halogens is 1. The van der Waals surface area contributed by atoms with E-state index in [4.69, 9.17) is 5.11 Å². The molecule has 14 heavy (non-hydrogen) atoms. The van der Waals surface area contributed by atoms with Crippen LogP contribution in [0.25, 0.3) is 0 Å². The molecule has 6 heteroatoms. The van der Waals surface area contributed by atoms with Crippen molar-refractivity contribution in [2.24, 2.45) is 0 Å². The Labute approximate surface area is 88.9 Å². The first kappa shape index (κ1) is 9.39. The maximum Gasteiger partial charge on any atom is 0.407 e. The molecule has 1 aliphatic rings. The zero-order valence-electron chi connectivity index (χ0n) is 7.22. The maximum atomic E-state index is 10.5. The van der Waals surface area contributed by atoms with Gasteiger partial charge in [0.05, 0.1) is 18.1 Å². The summed E-state index contributed by atoms with van der Waals surface area (Å²) >= 11 is 3.19. The molecule has 0 saturated carbocycles. The highest BCUT2D eigenvalue weighted by atomic mass is 79.9. The normalized spacial score (nSPS) is 16.5. The summed E-state index contributed by atoms with van der Waals surface area (Å²) in [5, 5.41) is 8.62. The van der Waals surface area contributed by atoms with Crippen molar-refractivity contribution in [3.05, 3.63) is 22.7 Å². The number of carbonyl (C=O) groups is 1. The molecule has 0 bridgehead atoms. The Balaban J connectivity index is 2.00. The van der Waals surface area contributed by atoms with Crippen molar-refractivity contribution in [1.29, 1.82) is 0 Å². The van der Waals surface area contributed by atoms with Gasteiger partial charge in [-0.2, -0.15) is 0 Å². The SMILES string of the molecule is O=C(O)N1CC(c2cnc(Br)cn2)C1. The summed E-state index contributed by atoms with van der Waals surface area (Å²) in [6.07, 6.45) is 2.43. The van der Waals surface area contributed by atoms with E-state index < -0.39 is 6.09 Å². The van der Waals surface area contributed by atoms with Crippen molar-refractivity contribution < 1.29 is 9.90 Å². The number of aromatic nitrogens is 2. The van der Waals surface area contributed by atoms with E-state index >= 15 is 0 Å². The lowest BCUT2D eigenvalue weighted by Gasteiger charge is -2.36. The minimum atomic E-state index is -0.869. The summed E-state index contributed by atoms with van der Waals surface area (Å²) in [7, 11) is 0. The molecule has 0 aliphatic carbocycles. The smallest absolute Gasteiger partial charge is 0.407 e. The summed E-state index contributed by atoms with van der Waals surface area (Å²) < 4.78 is 0.690. The minimum Gasteiger partial charge on any atom is -0.465 e. The molecule has 0 aromatic carbocycles. The maximum absolute atomic E-state index is 10.5. The molecular weight excluding hydrogens is 250 g/mol. The van der Waals surface area contributed by atoms with Crippen LogP contribution < -0.4 is 0 Å². The second-order valence-corrected chi connectivity index (χ2v) is 3.96. The first-order valence-corrected chi connectivity index (χ1v) is 4.91. The highest BCUT2D eigenvalue weighted by Gasteiger charge is 2.32. The summed E-state index contributed by atoms with van der Waals surface area (Å²) in [4.78, 5) is 20.1. The van der Waals surface area contributed by atoms with Crippen LogP contribution in [0, 0.1) is 0 Å². The molecule has 0 spiro atoms. The van der Waals surface area contributed by atoms with Gasteiger partial charge in [-0.25, -0.2) is 9.78 Å². The summed E-state index contributed by atoms with van der Waals surface area (Å²) in [5.74, 6) is 0.201. The number of rotatable bonds is 1. The zero-order chi connectivity index (χ0) is 10.1. The van der Waals surface area contributed by atoms with E-state index in [0.29, 0.717) is 17.7 Å². The number of carboxylic acid groups (broad SMARTS) is 1. The molecule has 0 radical (unpaired) electrons. The number of nitrogens with zero attached hydrogens (tertiary/aromatic N) is 3. The third-order valence-corrected chi connectivity index (χ3v) is 2.62. The van der Waals surface area contributed by atoms with Gasteiger partial charge in [-0.15, -0.1) is 0 Å². The molecular formula is C8H8BrN3O2. The zero-order valence-corrected chi connectivity index (χ0v) is 8.81. The topological polar surface area (TPSA) is 66.3 Å². The first-order valence-electron chi connectivity index (χ1n) is 4.12. The van der Waals surface area contributed by atoms with E-state index in [1.807, 2.05) is 0 Å². The van der Waals surface area contributed by atoms with Gasteiger partial charge in [0, 0.05) is 19.0 Å². The highest BCUT2D eigenvalue weighted by Crippen LogP contribution is 2.25. The third kappa shape index (κ3) is 1.70. The van der Waals surface area contributed by atoms with Gasteiger partial charge in [0.25, 0.3) is 0 Å². The van der Waals surface area contributed by atoms with E-state index in [-0.39, 0.29) is 5.92 Å².